The van der Waals surface area contributed by atoms with E-state index in [0.29, 0.717) is 21.6 Å². The van der Waals surface area contributed by atoms with Crippen molar-refractivity contribution in [1.82, 2.24) is 4.98 Å². The van der Waals surface area contributed by atoms with Gasteiger partial charge in [0.25, 0.3) is 5.91 Å². The molecule has 0 unspecified atom stereocenters. The fourth-order valence-electron chi connectivity index (χ4n) is 2.75. The second kappa shape index (κ2) is 8.75. The van der Waals surface area contributed by atoms with Gasteiger partial charge in [0, 0.05) is 33.4 Å². The quantitative estimate of drug-likeness (QED) is 0.396. The van der Waals surface area contributed by atoms with Crippen LogP contribution in [0.25, 0.3) is 10.9 Å². The van der Waals surface area contributed by atoms with Crippen molar-refractivity contribution in [3.05, 3.63) is 51.0 Å². The van der Waals surface area contributed by atoms with Gasteiger partial charge < -0.3 is 15.4 Å². The van der Waals surface area contributed by atoms with Crippen LogP contribution >= 0.6 is 27.5 Å². The second-order valence-corrected chi connectivity index (χ2v) is 7.70. The third-order valence-electron chi connectivity index (χ3n) is 4.42. The fraction of sp³-hybridized carbons (Fsp3) is 0.200. The molecule has 3 N–H and O–H groups in total. The second-order valence-electron chi connectivity index (χ2n) is 6.50. The van der Waals surface area contributed by atoms with Crippen LogP contribution in [0, 0.1) is 13.8 Å². The van der Waals surface area contributed by atoms with Crippen molar-refractivity contribution >= 4 is 61.6 Å². The average molecular weight is 478 g/mol. The first-order valence-corrected chi connectivity index (χ1v) is 9.94. The molecular weight excluding hydrogens is 460 g/mol. The monoisotopic (exact) mass is 476 g/mol. The van der Waals surface area contributed by atoms with Crippen LogP contribution in [-0.4, -0.2) is 21.9 Å². The molecule has 0 aliphatic heterocycles. The van der Waals surface area contributed by atoms with E-state index < -0.39 is 5.91 Å². The lowest BCUT2D eigenvalue weighted by atomic mass is 10.1. The maximum Gasteiger partial charge on any atom is 0.265 e. The van der Waals surface area contributed by atoms with Crippen molar-refractivity contribution in [1.29, 1.82) is 0 Å². The zero-order valence-corrected chi connectivity index (χ0v) is 18.1. The molecule has 3 rings (SSSR count). The van der Waals surface area contributed by atoms with E-state index >= 15 is 0 Å². The van der Waals surface area contributed by atoms with Crippen LogP contribution in [0.3, 0.4) is 0 Å². The normalized spacial score (nSPS) is 11.3. The molecule has 3 aromatic rings. The third-order valence-corrected chi connectivity index (χ3v) is 5.85. The number of aromatic amines is 1. The van der Waals surface area contributed by atoms with Crippen LogP contribution in [-0.2, 0) is 9.59 Å². The van der Waals surface area contributed by atoms with Gasteiger partial charge in [0.1, 0.15) is 0 Å². The Morgan fingerprint density at radius 2 is 1.97 bits per heavy atom. The lowest BCUT2D eigenvalue weighted by Gasteiger charge is -2.08. The summed E-state index contributed by atoms with van der Waals surface area (Å²) in [5, 5.41) is 21.5. The number of rotatable bonds is 5. The standard InChI is InChI=1S/C20H18BrClN4O3/c1-10-6-7-14-17(18(10)21)19(20(29)24-14)26-25-16(28)9-8-15(27)23-13-5-3-4-12(22)11(13)2/h3-7,24,29H,8-9H2,1-2H3,(H,23,27). The lowest BCUT2D eigenvalue weighted by molar-refractivity contribution is -0.122. The topological polar surface area (TPSA) is 107 Å². The number of aryl methyl sites for hydroxylation is 1. The number of hydrogen-bond donors (Lipinski definition) is 3. The van der Waals surface area contributed by atoms with Crippen molar-refractivity contribution in [2.75, 3.05) is 5.32 Å². The van der Waals surface area contributed by atoms with Crippen LogP contribution in [0.5, 0.6) is 5.88 Å². The molecule has 2 aromatic carbocycles. The predicted octanol–water partition coefficient (Wildman–Crippen LogP) is 5.94. The minimum Gasteiger partial charge on any atom is -0.493 e. The number of anilines is 1. The summed E-state index contributed by atoms with van der Waals surface area (Å²) >= 11 is 9.49. The molecule has 0 aliphatic rings. The molecule has 0 aliphatic carbocycles. The number of halogens is 2. The first-order valence-electron chi connectivity index (χ1n) is 8.77. The summed E-state index contributed by atoms with van der Waals surface area (Å²) in [5.41, 5.74) is 3.14. The highest BCUT2D eigenvalue weighted by molar-refractivity contribution is 9.10. The van der Waals surface area contributed by atoms with Gasteiger partial charge in [0.05, 0.1) is 5.52 Å². The number of hydrogen-bond acceptors (Lipinski definition) is 4. The van der Waals surface area contributed by atoms with Crippen LogP contribution < -0.4 is 5.32 Å². The minimum atomic E-state index is -0.569. The largest absolute Gasteiger partial charge is 0.493 e. The van der Waals surface area contributed by atoms with E-state index in [9.17, 15) is 14.7 Å². The van der Waals surface area contributed by atoms with Gasteiger partial charge >= 0.3 is 0 Å². The summed E-state index contributed by atoms with van der Waals surface area (Å²) in [6.07, 6.45) is -0.162. The molecule has 0 saturated carbocycles. The van der Waals surface area contributed by atoms with Crippen molar-refractivity contribution in [3.63, 3.8) is 0 Å². The van der Waals surface area contributed by atoms with Gasteiger partial charge in [-0.05, 0) is 59.1 Å². The molecule has 1 aromatic heterocycles. The number of nitrogens with zero attached hydrogens (tertiary/aromatic N) is 2. The van der Waals surface area contributed by atoms with Gasteiger partial charge in [-0.15, -0.1) is 10.2 Å². The smallest absolute Gasteiger partial charge is 0.265 e. The van der Waals surface area contributed by atoms with Gasteiger partial charge in [0.2, 0.25) is 11.8 Å². The Morgan fingerprint density at radius 3 is 2.72 bits per heavy atom. The summed E-state index contributed by atoms with van der Waals surface area (Å²) in [6.45, 7) is 3.70. The Kier molecular flexibility index (Phi) is 6.34. The van der Waals surface area contributed by atoms with E-state index in [1.165, 1.54) is 0 Å². The van der Waals surface area contributed by atoms with Gasteiger partial charge in [-0.2, -0.15) is 0 Å². The number of H-pyrrole nitrogens is 1. The highest BCUT2D eigenvalue weighted by Crippen LogP contribution is 2.41. The van der Waals surface area contributed by atoms with Crippen LogP contribution in [0.15, 0.2) is 45.0 Å². The summed E-state index contributed by atoms with van der Waals surface area (Å²) < 4.78 is 0.754. The molecule has 1 heterocycles. The number of aromatic hydroxyl groups is 1. The molecule has 0 atom stereocenters. The Bertz CT molecular complexity index is 1140. The highest BCUT2D eigenvalue weighted by atomic mass is 79.9. The van der Waals surface area contributed by atoms with Gasteiger partial charge in [-0.1, -0.05) is 23.7 Å². The SMILES string of the molecule is Cc1ccc2[nH]c(O)c(N=NC(=O)CCC(=O)Nc3cccc(Cl)c3C)c2c1Br. The van der Waals surface area contributed by atoms with Crippen molar-refractivity contribution in [2.24, 2.45) is 10.2 Å². The number of azo groups is 1. The van der Waals surface area contributed by atoms with Crippen molar-refractivity contribution in [2.45, 2.75) is 26.7 Å². The van der Waals surface area contributed by atoms with Crippen molar-refractivity contribution in [3.8, 4) is 5.88 Å². The average Bonchev–Trinajstić information content (AvgIpc) is 3.01. The molecule has 0 spiro atoms. The number of benzene rings is 2. The lowest BCUT2D eigenvalue weighted by Crippen LogP contribution is -2.13. The Hall–Kier alpha value is -2.71. The maximum atomic E-state index is 12.1. The number of carbonyl (C=O) groups is 2. The number of amides is 2. The van der Waals surface area contributed by atoms with Gasteiger partial charge in [-0.3, -0.25) is 9.59 Å². The first-order chi connectivity index (χ1) is 13.8. The molecule has 150 valence electrons. The third kappa shape index (κ3) is 4.65. The molecule has 7 nitrogen and oxygen atoms in total. The summed E-state index contributed by atoms with van der Waals surface area (Å²) in [7, 11) is 0. The molecule has 0 saturated heterocycles. The van der Waals surface area contributed by atoms with E-state index in [1.807, 2.05) is 13.0 Å². The summed E-state index contributed by atoms with van der Waals surface area (Å²) in [6, 6.07) is 8.89. The Labute approximate surface area is 180 Å². The maximum absolute atomic E-state index is 12.1. The van der Waals surface area contributed by atoms with E-state index in [2.05, 4.69) is 36.5 Å². The zero-order valence-electron chi connectivity index (χ0n) is 15.7. The van der Waals surface area contributed by atoms with Gasteiger partial charge in [0.15, 0.2) is 5.69 Å². The molecule has 0 fully saturated rings. The molecule has 2 amide bonds. The van der Waals surface area contributed by atoms with Gasteiger partial charge in [-0.25, -0.2) is 0 Å². The molecule has 9 heteroatoms. The first kappa shape index (κ1) is 21.0. The number of carbonyl (C=O) groups excluding carboxylic acids is 2. The highest BCUT2D eigenvalue weighted by Gasteiger charge is 2.15. The Balaban J connectivity index is 1.65. The van der Waals surface area contributed by atoms with Crippen molar-refractivity contribution < 1.29 is 14.7 Å². The van der Waals surface area contributed by atoms with E-state index in [-0.39, 0.29) is 30.3 Å². The number of nitrogens with one attached hydrogen (secondary N) is 2. The van der Waals surface area contributed by atoms with E-state index in [0.717, 1.165) is 15.6 Å². The fourth-order valence-corrected chi connectivity index (χ4v) is 3.46. The summed E-state index contributed by atoms with van der Waals surface area (Å²) in [4.78, 5) is 26.9. The predicted molar refractivity (Wildman–Crippen MR) is 116 cm³/mol. The van der Waals surface area contributed by atoms with Crippen LogP contribution in [0.4, 0.5) is 11.4 Å². The summed E-state index contributed by atoms with van der Waals surface area (Å²) in [5.74, 6) is -1.08. The zero-order chi connectivity index (χ0) is 21.1. The number of fused-ring (bicyclic) bond motifs is 1. The van der Waals surface area contributed by atoms with E-state index in [1.54, 1.807) is 31.2 Å². The molecule has 0 bridgehead atoms. The van der Waals surface area contributed by atoms with E-state index in [4.69, 9.17) is 11.6 Å². The van der Waals surface area contributed by atoms with Crippen LogP contribution in [0.2, 0.25) is 5.02 Å². The molecular formula is C20H18BrClN4O3. The molecule has 0 radical (unpaired) electrons. The minimum absolute atomic E-state index is 0.0491. The Morgan fingerprint density at radius 1 is 1.21 bits per heavy atom. The number of aromatic nitrogens is 1. The molecule has 29 heavy (non-hydrogen) atoms. The van der Waals surface area contributed by atoms with Crippen LogP contribution in [0.1, 0.15) is 24.0 Å².